The zero-order valence-electron chi connectivity index (χ0n) is 12.4. The summed E-state index contributed by atoms with van der Waals surface area (Å²) in [7, 11) is 0. The van der Waals surface area contributed by atoms with Gasteiger partial charge in [-0.3, -0.25) is 0 Å². The Morgan fingerprint density at radius 2 is 1.90 bits per heavy atom. The van der Waals surface area contributed by atoms with Crippen molar-refractivity contribution >= 4 is 0 Å². The summed E-state index contributed by atoms with van der Waals surface area (Å²) in [6.07, 6.45) is -1.05. The van der Waals surface area contributed by atoms with Gasteiger partial charge in [-0.2, -0.15) is 0 Å². The summed E-state index contributed by atoms with van der Waals surface area (Å²) < 4.78 is 26.6. The van der Waals surface area contributed by atoms with E-state index in [9.17, 15) is 13.9 Å². The fourth-order valence-corrected chi connectivity index (χ4v) is 2.13. The van der Waals surface area contributed by atoms with Gasteiger partial charge in [-0.05, 0) is 38.2 Å². The molecule has 0 radical (unpaired) electrons. The first-order valence-corrected chi connectivity index (χ1v) is 7.06. The zero-order valence-corrected chi connectivity index (χ0v) is 12.4. The van der Waals surface area contributed by atoms with E-state index in [0.29, 0.717) is 0 Å². The quantitative estimate of drug-likeness (QED) is 0.770. The zero-order chi connectivity index (χ0) is 15.1. The van der Waals surface area contributed by atoms with E-state index in [-0.39, 0.29) is 18.2 Å². The molecule has 0 aliphatic rings. The number of aliphatic hydroxyl groups excluding tert-OH is 1. The molecule has 1 rings (SSSR count). The van der Waals surface area contributed by atoms with Gasteiger partial charge in [0.1, 0.15) is 11.6 Å². The van der Waals surface area contributed by atoms with Gasteiger partial charge in [-0.15, -0.1) is 0 Å². The molecule has 0 aliphatic heterocycles. The van der Waals surface area contributed by atoms with E-state index in [1.54, 1.807) is 0 Å². The average molecular weight is 286 g/mol. The van der Waals surface area contributed by atoms with Crippen molar-refractivity contribution in [3.8, 4) is 0 Å². The molecule has 2 unspecified atom stereocenters. The molecule has 0 aliphatic carbocycles. The van der Waals surface area contributed by atoms with Gasteiger partial charge >= 0.3 is 0 Å². The normalized spacial score (nSPS) is 14.6. The summed E-state index contributed by atoms with van der Waals surface area (Å²) in [5.74, 6) is -1.13. The monoisotopic (exact) mass is 286 g/mol. The maximum absolute atomic E-state index is 13.5. The van der Waals surface area contributed by atoms with Crippen LogP contribution in [-0.4, -0.2) is 42.2 Å². The molecule has 0 amide bonds. The van der Waals surface area contributed by atoms with Gasteiger partial charge in [-0.25, -0.2) is 8.78 Å². The van der Waals surface area contributed by atoms with Crippen LogP contribution in [0.3, 0.4) is 0 Å². The average Bonchev–Trinajstić information content (AvgIpc) is 2.44. The number of hydrogen-bond acceptors (Lipinski definition) is 3. The maximum Gasteiger partial charge on any atom is 0.129 e. The highest BCUT2D eigenvalue weighted by molar-refractivity contribution is 5.21. The van der Waals surface area contributed by atoms with Crippen molar-refractivity contribution in [3.63, 3.8) is 0 Å². The van der Waals surface area contributed by atoms with Crippen LogP contribution in [0.25, 0.3) is 0 Å². The molecule has 20 heavy (non-hydrogen) atoms. The minimum absolute atomic E-state index is 0.00691. The minimum Gasteiger partial charge on any atom is -0.387 e. The molecule has 114 valence electrons. The second kappa shape index (κ2) is 8.29. The highest BCUT2D eigenvalue weighted by Crippen LogP contribution is 2.17. The lowest BCUT2D eigenvalue weighted by molar-refractivity contribution is 0.160. The number of aliphatic hydroxyl groups is 1. The molecule has 0 bridgehead atoms. The van der Waals surface area contributed by atoms with E-state index in [1.807, 2.05) is 6.92 Å². The Kier molecular flexibility index (Phi) is 7.05. The Bertz CT molecular complexity index is 411. The topological polar surface area (TPSA) is 35.5 Å². The fraction of sp³-hybridized carbons (Fsp3) is 0.600. The molecule has 0 saturated heterocycles. The Labute approximate surface area is 119 Å². The standard InChI is InChI=1S/C15H24F2N2O/c1-4-19(5-2)10-11(3)18-9-15(20)13-8-12(16)6-7-14(13)17/h6-8,11,15,18,20H,4-5,9-10H2,1-3H3. The predicted molar refractivity (Wildman–Crippen MR) is 76.6 cm³/mol. The van der Waals surface area contributed by atoms with Crippen LogP contribution in [0.4, 0.5) is 8.78 Å². The predicted octanol–water partition coefficient (Wildman–Crippen LogP) is 2.32. The van der Waals surface area contributed by atoms with E-state index in [4.69, 9.17) is 0 Å². The summed E-state index contributed by atoms with van der Waals surface area (Å²) in [6, 6.07) is 3.28. The Balaban J connectivity index is 2.50. The summed E-state index contributed by atoms with van der Waals surface area (Å²) in [4.78, 5) is 2.26. The Morgan fingerprint density at radius 1 is 1.25 bits per heavy atom. The van der Waals surface area contributed by atoms with Crippen molar-refractivity contribution in [3.05, 3.63) is 35.4 Å². The lowest BCUT2D eigenvalue weighted by Crippen LogP contribution is -2.40. The number of rotatable bonds is 8. The summed E-state index contributed by atoms with van der Waals surface area (Å²) >= 11 is 0. The van der Waals surface area contributed by atoms with Gasteiger partial charge in [0, 0.05) is 24.7 Å². The van der Waals surface area contributed by atoms with Gasteiger partial charge < -0.3 is 15.3 Å². The molecular weight excluding hydrogens is 262 g/mol. The Morgan fingerprint density at radius 3 is 2.50 bits per heavy atom. The molecule has 3 nitrogen and oxygen atoms in total. The van der Waals surface area contributed by atoms with E-state index < -0.39 is 17.7 Å². The van der Waals surface area contributed by atoms with Crippen molar-refractivity contribution in [2.24, 2.45) is 0 Å². The molecule has 0 fully saturated rings. The molecule has 1 aromatic rings. The van der Waals surface area contributed by atoms with Crippen LogP contribution in [-0.2, 0) is 0 Å². The fourth-order valence-electron chi connectivity index (χ4n) is 2.13. The van der Waals surface area contributed by atoms with Crippen LogP contribution >= 0.6 is 0 Å². The number of halogens is 2. The minimum atomic E-state index is -1.05. The Hall–Kier alpha value is -1.04. The molecule has 0 heterocycles. The molecular formula is C15H24F2N2O. The van der Waals surface area contributed by atoms with Gasteiger partial charge in [-0.1, -0.05) is 13.8 Å². The molecule has 5 heteroatoms. The number of nitrogens with zero attached hydrogens (tertiary/aromatic N) is 1. The van der Waals surface area contributed by atoms with Crippen LogP contribution in [0.5, 0.6) is 0 Å². The van der Waals surface area contributed by atoms with E-state index in [0.717, 1.165) is 37.8 Å². The largest absolute Gasteiger partial charge is 0.387 e. The molecule has 0 saturated carbocycles. The SMILES string of the molecule is CCN(CC)CC(C)NCC(O)c1cc(F)ccc1F. The number of hydrogen-bond donors (Lipinski definition) is 2. The highest BCUT2D eigenvalue weighted by Gasteiger charge is 2.15. The first-order valence-electron chi connectivity index (χ1n) is 7.06. The van der Waals surface area contributed by atoms with Crippen molar-refractivity contribution in [1.29, 1.82) is 0 Å². The molecule has 0 aromatic heterocycles. The maximum atomic E-state index is 13.5. The van der Waals surface area contributed by atoms with E-state index in [2.05, 4.69) is 24.1 Å². The van der Waals surface area contributed by atoms with E-state index >= 15 is 0 Å². The van der Waals surface area contributed by atoms with Crippen LogP contribution in [0, 0.1) is 11.6 Å². The summed E-state index contributed by atoms with van der Waals surface area (Å²) in [5.41, 5.74) is -0.00691. The lowest BCUT2D eigenvalue weighted by atomic mass is 10.1. The van der Waals surface area contributed by atoms with Crippen molar-refractivity contribution in [2.75, 3.05) is 26.2 Å². The van der Waals surface area contributed by atoms with Gasteiger partial charge in [0.2, 0.25) is 0 Å². The highest BCUT2D eigenvalue weighted by atomic mass is 19.1. The molecule has 1 aromatic carbocycles. The second-order valence-electron chi connectivity index (χ2n) is 4.98. The molecule has 2 N–H and O–H groups in total. The number of nitrogens with one attached hydrogen (secondary N) is 1. The van der Waals surface area contributed by atoms with Crippen molar-refractivity contribution < 1.29 is 13.9 Å². The lowest BCUT2D eigenvalue weighted by Gasteiger charge is -2.24. The third-order valence-electron chi connectivity index (χ3n) is 3.40. The van der Waals surface area contributed by atoms with Crippen LogP contribution in [0.1, 0.15) is 32.4 Å². The third kappa shape index (κ3) is 5.15. The van der Waals surface area contributed by atoms with E-state index in [1.165, 1.54) is 0 Å². The summed E-state index contributed by atoms with van der Waals surface area (Å²) in [5, 5.41) is 13.1. The first kappa shape index (κ1) is 17.0. The second-order valence-corrected chi connectivity index (χ2v) is 4.98. The number of likely N-dealkylation sites (N-methyl/N-ethyl adjacent to an activating group) is 1. The van der Waals surface area contributed by atoms with Crippen LogP contribution in [0.2, 0.25) is 0 Å². The molecule has 2 atom stereocenters. The number of benzene rings is 1. The smallest absolute Gasteiger partial charge is 0.129 e. The van der Waals surface area contributed by atoms with Gasteiger partial charge in [0.15, 0.2) is 0 Å². The van der Waals surface area contributed by atoms with Crippen molar-refractivity contribution in [2.45, 2.75) is 32.9 Å². The van der Waals surface area contributed by atoms with Gasteiger partial charge in [0.25, 0.3) is 0 Å². The first-order chi connectivity index (χ1) is 9.47. The van der Waals surface area contributed by atoms with Crippen LogP contribution < -0.4 is 5.32 Å². The van der Waals surface area contributed by atoms with Crippen molar-refractivity contribution in [1.82, 2.24) is 10.2 Å². The van der Waals surface area contributed by atoms with Crippen LogP contribution in [0.15, 0.2) is 18.2 Å². The van der Waals surface area contributed by atoms with Gasteiger partial charge in [0.05, 0.1) is 6.10 Å². The summed E-state index contributed by atoms with van der Waals surface area (Å²) in [6.45, 7) is 9.16. The third-order valence-corrected chi connectivity index (χ3v) is 3.40. The molecule has 0 spiro atoms.